The smallest absolute Gasteiger partial charge is 0.0166 e. The average Bonchev–Trinajstić information content (AvgIpc) is 2.22. The summed E-state index contributed by atoms with van der Waals surface area (Å²) < 4.78 is 0. The molecule has 0 aromatic heterocycles. The molecule has 0 fully saturated rings. The molecule has 0 spiro atoms. The molecule has 76 valence electrons. The van der Waals surface area contributed by atoms with Crippen LogP contribution in [0.3, 0.4) is 0 Å². The van der Waals surface area contributed by atoms with Crippen molar-refractivity contribution in [3.63, 3.8) is 0 Å². The lowest BCUT2D eigenvalue weighted by atomic mass is 10.1. The monoisotopic (exact) mass is 188 g/mol. The third-order valence-electron chi connectivity index (χ3n) is 2.29. The molecule has 0 aromatic carbocycles. The summed E-state index contributed by atoms with van der Waals surface area (Å²) in [7, 11) is 0. The molecule has 1 aliphatic rings. The van der Waals surface area contributed by atoms with Crippen LogP contribution in [0.2, 0.25) is 0 Å². The Morgan fingerprint density at radius 1 is 0.500 bits per heavy atom. The second kappa shape index (κ2) is 8.55. The topological polar surface area (TPSA) is 0 Å². The maximum absolute atomic E-state index is 2.30. The minimum Gasteiger partial charge on any atom is -0.0882 e. The average molecular weight is 188 g/mol. The molecule has 0 saturated carbocycles. The fraction of sp³-hybridized carbons (Fsp3) is 0.429. The summed E-state index contributed by atoms with van der Waals surface area (Å²) in [5.41, 5.74) is 0. The molecule has 0 aromatic rings. The first-order chi connectivity index (χ1) is 7.00. The van der Waals surface area contributed by atoms with Gasteiger partial charge in [0.1, 0.15) is 0 Å². The van der Waals surface area contributed by atoms with E-state index in [0.29, 0.717) is 0 Å². The molecule has 0 heterocycles. The van der Waals surface area contributed by atoms with Crippen LogP contribution in [0, 0.1) is 0 Å². The van der Waals surface area contributed by atoms with Gasteiger partial charge >= 0.3 is 0 Å². The Labute approximate surface area is 87.7 Å². The lowest BCUT2D eigenvalue weighted by molar-refractivity contribution is 0.695. The van der Waals surface area contributed by atoms with Crippen molar-refractivity contribution in [1.82, 2.24) is 0 Å². The van der Waals surface area contributed by atoms with Crippen LogP contribution in [0.25, 0.3) is 0 Å². The van der Waals surface area contributed by atoms with E-state index >= 15 is 0 Å². The van der Waals surface area contributed by atoms with Crippen LogP contribution in [0.4, 0.5) is 0 Å². The summed E-state index contributed by atoms with van der Waals surface area (Å²) in [6.07, 6.45) is 25.0. The molecule has 0 radical (unpaired) electrons. The lowest BCUT2D eigenvalue weighted by Gasteiger charge is -1.95. The predicted octanol–water partition coefficient (Wildman–Crippen LogP) is 4.57. The first-order valence-electron chi connectivity index (χ1n) is 5.63. The van der Waals surface area contributed by atoms with E-state index in [9.17, 15) is 0 Å². The molecule has 0 unspecified atom stereocenters. The van der Waals surface area contributed by atoms with Gasteiger partial charge in [0.15, 0.2) is 0 Å². The zero-order valence-electron chi connectivity index (χ0n) is 8.86. The summed E-state index contributed by atoms with van der Waals surface area (Å²) in [6.45, 7) is 0. The number of hydrogen-bond acceptors (Lipinski definition) is 0. The van der Waals surface area contributed by atoms with Crippen LogP contribution < -0.4 is 0 Å². The minimum absolute atomic E-state index is 1.06. The molecule has 0 aliphatic heterocycles. The highest BCUT2D eigenvalue weighted by Crippen LogP contribution is 2.05. The van der Waals surface area contributed by atoms with E-state index in [2.05, 4.69) is 48.6 Å². The Morgan fingerprint density at radius 2 is 1.21 bits per heavy atom. The largest absolute Gasteiger partial charge is 0.0882 e. The Balaban J connectivity index is 2.36. The fourth-order valence-electron chi connectivity index (χ4n) is 1.45. The van der Waals surface area contributed by atoms with Gasteiger partial charge in [0.25, 0.3) is 0 Å². The van der Waals surface area contributed by atoms with E-state index in [0.717, 1.165) is 6.42 Å². The summed E-state index contributed by atoms with van der Waals surface area (Å²) >= 11 is 0. The second-order valence-electron chi connectivity index (χ2n) is 3.59. The van der Waals surface area contributed by atoms with Gasteiger partial charge in [-0.1, -0.05) is 55.0 Å². The van der Waals surface area contributed by atoms with Crippen molar-refractivity contribution >= 4 is 0 Å². The quantitative estimate of drug-likeness (QED) is 0.489. The van der Waals surface area contributed by atoms with Crippen molar-refractivity contribution in [2.45, 2.75) is 38.5 Å². The van der Waals surface area contributed by atoms with E-state index in [1.807, 2.05) is 0 Å². The molecule has 0 atom stereocenters. The molecule has 0 saturated heterocycles. The molecule has 0 N–H and O–H groups in total. The van der Waals surface area contributed by atoms with E-state index in [-0.39, 0.29) is 0 Å². The molecule has 0 amide bonds. The van der Waals surface area contributed by atoms with Gasteiger partial charge in [-0.3, -0.25) is 0 Å². The standard InChI is InChI=1S/C14H20/c1-2-4-6-8-10-12-14-13-11-9-7-5-3-1/h1-6,9,11H,7-8,10,12-14H2/b2-1-,5-3?,6-4+,11-9+. The Hall–Kier alpha value is -1.04. The van der Waals surface area contributed by atoms with Crippen LogP contribution in [0.5, 0.6) is 0 Å². The Bertz CT molecular complexity index is 228. The highest BCUT2D eigenvalue weighted by molar-refractivity contribution is 5.11. The van der Waals surface area contributed by atoms with Crippen molar-refractivity contribution in [2.24, 2.45) is 0 Å². The van der Waals surface area contributed by atoms with Crippen molar-refractivity contribution in [1.29, 1.82) is 0 Å². The van der Waals surface area contributed by atoms with Crippen LogP contribution in [0.15, 0.2) is 48.6 Å². The van der Waals surface area contributed by atoms with Gasteiger partial charge in [-0.2, -0.15) is 0 Å². The molecule has 14 heavy (non-hydrogen) atoms. The van der Waals surface area contributed by atoms with Gasteiger partial charge in [-0.15, -0.1) is 0 Å². The highest BCUT2D eigenvalue weighted by Gasteiger charge is 1.85. The van der Waals surface area contributed by atoms with Crippen LogP contribution in [-0.4, -0.2) is 0 Å². The second-order valence-corrected chi connectivity index (χ2v) is 3.59. The zero-order valence-corrected chi connectivity index (χ0v) is 8.86. The van der Waals surface area contributed by atoms with Crippen LogP contribution in [0.1, 0.15) is 38.5 Å². The number of allylic oxidation sites excluding steroid dienone is 8. The predicted molar refractivity (Wildman–Crippen MR) is 64.3 cm³/mol. The van der Waals surface area contributed by atoms with E-state index < -0.39 is 0 Å². The summed E-state index contributed by atoms with van der Waals surface area (Å²) in [4.78, 5) is 0. The maximum Gasteiger partial charge on any atom is -0.0166 e. The lowest BCUT2D eigenvalue weighted by Crippen LogP contribution is -1.75. The first kappa shape index (κ1) is 11.0. The summed E-state index contributed by atoms with van der Waals surface area (Å²) in [5, 5.41) is 0. The number of hydrogen-bond donors (Lipinski definition) is 0. The van der Waals surface area contributed by atoms with Crippen LogP contribution in [-0.2, 0) is 0 Å². The van der Waals surface area contributed by atoms with E-state index in [1.54, 1.807) is 0 Å². The van der Waals surface area contributed by atoms with Crippen LogP contribution >= 0.6 is 0 Å². The van der Waals surface area contributed by atoms with E-state index in [1.165, 1.54) is 32.1 Å². The SMILES string of the molecule is C1=CC/C=C/CCCCC/C=C/C=C\1. The van der Waals surface area contributed by atoms with Gasteiger partial charge in [0.2, 0.25) is 0 Å². The summed E-state index contributed by atoms with van der Waals surface area (Å²) in [5.74, 6) is 0. The molecule has 0 bridgehead atoms. The first-order valence-corrected chi connectivity index (χ1v) is 5.63. The van der Waals surface area contributed by atoms with Gasteiger partial charge in [0, 0.05) is 0 Å². The highest BCUT2D eigenvalue weighted by atomic mass is 13.9. The maximum atomic E-state index is 2.30. The van der Waals surface area contributed by atoms with Crippen molar-refractivity contribution in [3.8, 4) is 0 Å². The molecule has 1 rings (SSSR count). The summed E-state index contributed by atoms with van der Waals surface area (Å²) in [6, 6.07) is 0. The Morgan fingerprint density at radius 3 is 2.07 bits per heavy atom. The third kappa shape index (κ3) is 6.47. The molecular formula is C14H20. The minimum atomic E-state index is 1.06. The van der Waals surface area contributed by atoms with Gasteiger partial charge < -0.3 is 0 Å². The molecule has 1 aliphatic carbocycles. The zero-order chi connectivity index (χ0) is 9.90. The Kier molecular flexibility index (Phi) is 6.74. The fourth-order valence-corrected chi connectivity index (χ4v) is 1.45. The van der Waals surface area contributed by atoms with Gasteiger partial charge in [-0.05, 0) is 32.1 Å². The number of rotatable bonds is 0. The van der Waals surface area contributed by atoms with Gasteiger partial charge in [-0.25, -0.2) is 0 Å². The van der Waals surface area contributed by atoms with E-state index in [4.69, 9.17) is 0 Å². The normalized spacial score (nSPS) is 26.3. The van der Waals surface area contributed by atoms with Gasteiger partial charge in [0.05, 0.1) is 0 Å². The third-order valence-corrected chi connectivity index (χ3v) is 2.29. The molecule has 0 nitrogen and oxygen atoms in total. The van der Waals surface area contributed by atoms with Crippen molar-refractivity contribution < 1.29 is 0 Å². The molecule has 0 heteroatoms. The molecular weight excluding hydrogens is 168 g/mol. The van der Waals surface area contributed by atoms with Crippen molar-refractivity contribution in [2.75, 3.05) is 0 Å². The van der Waals surface area contributed by atoms with Crippen molar-refractivity contribution in [3.05, 3.63) is 48.6 Å².